The van der Waals surface area contributed by atoms with Crippen LogP contribution in [0.2, 0.25) is 0 Å². The van der Waals surface area contributed by atoms with Crippen LogP contribution in [-0.4, -0.2) is 28.6 Å². The fourth-order valence-corrected chi connectivity index (χ4v) is 1.84. The molecule has 5 nitrogen and oxygen atoms in total. The summed E-state index contributed by atoms with van der Waals surface area (Å²) in [5.41, 5.74) is 3.39. The molecule has 0 radical (unpaired) electrons. The van der Waals surface area contributed by atoms with Gasteiger partial charge in [-0.3, -0.25) is 0 Å². The van der Waals surface area contributed by atoms with Crippen LogP contribution < -0.4 is 10.1 Å². The van der Waals surface area contributed by atoms with E-state index in [1.165, 1.54) is 11.1 Å². The molecule has 0 bridgehead atoms. The van der Waals surface area contributed by atoms with E-state index in [2.05, 4.69) is 40.2 Å². The molecule has 0 amide bonds. The molecule has 0 unspecified atom stereocenters. The Bertz CT molecular complexity index is 598. The summed E-state index contributed by atoms with van der Waals surface area (Å²) in [6.45, 7) is 6.79. The molecular weight excluding hydrogens is 252 g/mol. The lowest BCUT2D eigenvalue weighted by Gasteiger charge is -2.10. The van der Waals surface area contributed by atoms with E-state index in [0.717, 1.165) is 12.0 Å². The van der Waals surface area contributed by atoms with Gasteiger partial charge >= 0.3 is 6.01 Å². The van der Waals surface area contributed by atoms with Gasteiger partial charge in [0.1, 0.15) is 0 Å². The Morgan fingerprint density at radius 1 is 1.15 bits per heavy atom. The number of aromatic nitrogens is 3. The average molecular weight is 272 g/mol. The first kappa shape index (κ1) is 14.2. The van der Waals surface area contributed by atoms with E-state index < -0.39 is 0 Å². The standard InChI is InChI=1S/C15H20N4O/c1-5-9-20-15-18-13(17-14(16-4)19-15)12-8-6-7-10(2)11(12)3/h6-8H,5,9H2,1-4H3,(H,16,17,18,19). The Hall–Kier alpha value is -2.17. The molecule has 106 valence electrons. The van der Waals surface area contributed by atoms with Crippen molar-refractivity contribution in [2.75, 3.05) is 19.0 Å². The number of hydrogen-bond donors (Lipinski definition) is 1. The predicted molar refractivity (Wildman–Crippen MR) is 80.1 cm³/mol. The van der Waals surface area contributed by atoms with Crippen LogP contribution in [0.25, 0.3) is 11.4 Å². The minimum atomic E-state index is 0.363. The number of rotatable bonds is 5. The number of nitrogens with zero attached hydrogens (tertiary/aromatic N) is 3. The number of nitrogens with one attached hydrogen (secondary N) is 1. The molecule has 0 spiro atoms. The first-order valence-electron chi connectivity index (χ1n) is 6.79. The zero-order valence-corrected chi connectivity index (χ0v) is 12.4. The molecule has 1 N–H and O–H groups in total. The first-order chi connectivity index (χ1) is 9.65. The lowest BCUT2D eigenvalue weighted by atomic mass is 10.0. The second-order valence-electron chi connectivity index (χ2n) is 4.61. The SMILES string of the molecule is CCCOc1nc(NC)nc(-c2cccc(C)c2C)n1. The zero-order chi connectivity index (χ0) is 14.5. The summed E-state index contributed by atoms with van der Waals surface area (Å²) in [5.74, 6) is 1.15. The van der Waals surface area contributed by atoms with Crippen LogP contribution in [0.3, 0.4) is 0 Å². The van der Waals surface area contributed by atoms with Crippen molar-refractivity contribution in [2.45, 2.75) is 27.2 Å². The monoisotopic (exact) mass is 272 g/mol. The highest BCUT2D eigenvalue weighted by molar-refractivity contribution is 5.62. The summed E-state index contributed by atoms with van der Waals surface area (Å²) in [7, 11) is 1.78. The van der Waals surface area contributed by atoms with Crippen molar-refractivity contribution in [3.63, 3.8) is 0 Å². The summed E-state index contributed by atoms with van der Waals surface area (Å²) in [6, 6.07) is 6.46. The number of ether oxygens (including phenoxy) is 1. The zero-order valence-electron chi connectivity index (χ0n) is 12.4. The Balaban J connectivity index is 2.47. The quantitative estimate of drug-likeness (QED) is 0.906. The Morgan fingerprint density at radius 2 is 1.95 bits per heavy atom. The summed E-state index contributed by atoms with van der Waals surface area (Å²) in [4.78, 5) is 13.0. The van der Waals surface area contributed by atoms with E-state index in [0.29, 0.717) is 24.4 Å². The second kappa shape index (κ2) is 6.32. The maximum Gasteiger partial charge on any atom is 0.321 e. The maximum atomic E-state index is 5.53. The smallest absolute Gasteiger partial charge is 0.321 e. The highest BCUT2D eigenvalue weighted by atomic mass is 16.5. The summed E-state index contributed by atoms with van der Waals surface area (Å²) in [6.07, 6.45) is 0.916. The lowest BCUT2D eigenvalue weighted by molar-refractivity contribution is 0.292. The summed E-state index contributed by atoms with van der Waals surface area (Å²) in [5, 5.41) is 2.95. The Morgan fingerprint density at radius 3 is 2.65 bits per heavy atom. The molecule has 0 saturated carbocycles. The van der Waals surface area contributed by atoms with Crippen LogP contribution in [0.1, 0.15) is 24.5 Å². The number of hydrogen-bond acceptors (Lipinski definition) is 5. The van der Waals surface area contributed by atoms with Crippen LogP contribution in [0, 0.1) is 13.8 Å². The minimum Gasteiger partial charge on any atom is -0.463 e. The van der Waals surface area contributed by atoms with Crippen molar-refractivity contribution < 1.29 is 4.74 Å². The van der Waals surface area contributed by atoms with Gasteiger partial charge in [0.05, 0.1) is 6.61 Å². The molecule has 2 aromatic rings. The Kier molecular flexibility index (Phi) is 4.50. The van der Waals surface area contributed by atoms with Crippen LogP contribution in [0.5, 0.6) is 6.01 Å². The van der Waals surface area contributed by atoms with E-state index in [1.54, 1.807) is 7.05 Å². The first-order valence-corrected chi connectivity index (χ1v) is 6.79. The van der Waals surface area contributed by atoms with Crippen LogP contribution in [0.4, 0.5) is 5.95 Å². The normalized spacial score (nSPS) is 10.4. The minimum absolute atomic E-state index is 0.363. The largest absolute Gasteiger partial charge is 0.463 e. The molecule has 0 aliphatic rings. The molecule has 0 fully saturated rings. The molecule has 0 saturated heterocycles. The van der Waals surface area contributed by atoms with Gasteiger partial charge in [0.25, 0.3) is 0 Å². The van der Waals surface area contributed by atoms with Crippen molar-refractivity contribution >= 4 is 5.95 Å². The molecule has 1 aromatic heterocycles. The molecule has 0 aliphatic heterocycles. The molecule has 5 heteroatoms. The van der Waals surface area contributed by atoms with Gasteiger partial charge in [0.15, 0.2) is 5.82 Å². The molecule has 2 rings (SSSR count). The van der Waals surface area contributed by atoms with Gasteiger partial charge in [-0.05, 0) is 31.4 Å². The average Bonchev–Trinajstić information content (AvgIpc) is 2.47. The third-order valence-electron chi connectivity index (χ3n) is 3.12. The van der Waals surface area contributed by atoms with Crippen LogP contribution in [-0.2, 0) is 0 Å². The topological polar surface area (TPSA) is 59.9 Å². The third kappa shape index (κ3) is 3.04. The van der Waals surface area contributed by atoms with Crippen molar-refractivity contribution in [1.82, 2.24) is 15.0 Å². The van der Waals surface area contributed by atoms with Crippen molar-refractivity contribution in [3.8, 4) is 17.4 Å². The van der Waals surface area contributed by atoms with Gasteiger partial charge < -0.3 is 10.1 Å². The molecule has 0 atom stereocenters. The molecule has 1 heterocycles. The molecular formula is C15H20N4O. The van der Waals surface area contributed by atoms with E-state index >= 15 is 0 Å². The predicted octanol–water partition coefficient (Wildman–Crippen LogP) is 2.99. The fourth-order valence-electron chi connectivity index (χ4n) is 1.84. The van der Waals surface area contributed by atoms with Gasteiger partial charge in [0.2, 0.25) is 5.95 Å². The summed E-state index contributed by atoms with van der Waals surface area (Å²) < 4.78 is 5.53. The maximum absolute atomic E-state index is 5.53. The van der Waals surface area contributed by atoms with E-state index in [9.17, 15) is 0 Å². The van der Waals surface area contributed by atoms with Crippen molar-refractivity contribution in [2.24, 2.45) is 0 Å². The molecule has 1 aromatic carbocycles. The van der Waals surface area contributed by atoms with Gasteiger partial charge in [-0.2, -0.15) is 15.0 Å². The number of anilines is 1. The fraction of sp³-hybridized carbons (Fsp3) is 0.400. The van der Waals surface area contributed by atoms with Gasteiger partial charge in [-0.1, -0.05) is 25.1 Å². The third-order valence-corrected chi connectivity index (χ3v) is 3.12. The van der Waals surface area contributed by atoms with E-state index in [1.807, 2.05) is 19.1 Å². The molecule has 0 aliphatic carbocycles. The highest BCUT2D eigenvalue weighted by Gasteiger charge is 2.11. The van der Waals surface area contributed by atoms with Crippen molar-refractivity contribution in [1.29, 1.82) is 0 Å². The summed E-state index contributed by atoms with van der Waals surface area (Å²) >= 11 is 0. The van der Waals surface area contributed by atoms with Crippen molar-refractivity contribution in [3.05, 3.63) is 29.3 Å². The second-order valence-corrected chi connectivity index (χ2v) is 4.61. The van der Waals surface area contributed by atoms with Gasteiger partial charge in [-0.25, -0.2) is 0 Å². The number of benzene rings is 1. The Labute approximate surface area is 119 Å². The molecule has 20 heavy (non-hydrogen) atoms. The van der Waals surface area contributed by atoms with Crippen LogP contribution in [0.15, 0.2) is 18.2 Å². The number of aryl methyl sites for hydroxylation is 1. The highest BCUT2D eigenvalue weighted by Crippen LogP contribution is 2.24. The van der Waals surface area contributed by atoms with Gasteiger partial charge in [0, 0.05) is 12.6 Å². The van der Waals surface area contributed by atoms with Gasteiger partial charge in [-0.15, -0.1) is 0 Å². The van der Waals surface area contributed by atoms with Crippen LogP contribution >= 0.6 is 0 Å². The van der Waals surface area contributed by atoms with E-state index in [-0.39, 0.29) is 0 Å². The van der Waals surface area contributed by atoms with E-state index in [4.69, 9.17) is 4.74 Å². The lowest BCUT2D eigenvalue weighted by Crippen LogP contribution is -2.06.